The van der Waals surface area contributed by atoms with Crippen LogP contribution in [0, 0.1) is 0 Å². The van der Waals surface area contributed by atoms with Gasteiger partial charge in [0.25, 0.3) is 0 Å². The Hall–Kier alpha value is -2.88. The summed E-state index contributed by atoms with van der Waals surface area (Å²) in [7, 11) is 0. The molecular weight excluding hydrogens is 292 g/mol. The monoisotopic (exact) mass is 308 g/mol. The first-order valence-corrected chi connectivity index (χ1v) is 7.26. The van der Waals surface area contributed by atoms with Crippen LogP contribution in [0.15, 0.2) is 60.7 Å². The maximum atomic E-state index is 11.8. The van der Waals surface area contributed by atoms with Crippen LogP contribution in [0.4, 0.5) is 0 Å². The van der Waals surface area contributed by atoms with Gasteiger partial charge in [0, 0.05) is 12.8 Å². The zero-order valence-electron chi connectivity index (χ0n) is 12.5. The number of ketones is 4. The van der Waals surface area contributed by atoms with Crippen molar-refractivity contribution in [3.05, 3.63) is 71.8 Å². The average Bonchev–Trinajstić information content (AvgIpc) is 2.56. The van der Waals surface area contributed by atoms with Crippen molar-refractivity contribution in [1.82, 2.24) is 0 Å². The summed E-state index contributed by atoms with van der Waals surface area (Å²) < 4.78 is 0. The smallest absolute Gasteiger partial charge is 0.206 e. The molecular formula is C19H16O4. The number of rotatable bonds is 8. The van der Waals surface area contributed by atoms with E-state index in [0.717, 1.165) is 0 Å². The van der Waals surface area contributed by atoms with Crippen LogP contribution in [-0.2, 0) is 32.0 Å². The molecule has 0 N–H and O–H groups in total. The van der Waals surface area contributed by atoms with Gasteiger partial charge in [-0.1, -0.05) is 60.7 Å². The predicted octanol–water partition coefficient (Wildman–Crippen LogP) is 2.14. The van der Waals surface area contributed by atoms with Crippen LogP contribution in [0.2, 0.25) is 0 Å². The van der Waals surface area contributed by atoms with Crippen molar-refractivity contribution >= 4 is 23.1 Å². The summed E-state index contributed by atoms with van der Waals surface area (Å²) in [5.41, 5.74) is 1.41. The highest BCUT2D eigenvalue weighted by Gasteiger charge is 2.22. The molecule has 23 heavy (non-hydrogen) atoms. The summed E-state index contributed by atoms with van der Waals surface area (Å²) in [6.45, 7) is 0. The summed E-state index contributed by atoms with van der Waals surface area (Å²) in [6.07, 6.45) is -0.767. The van der Waals surface area contributed by atoms with Crippen molar-refractivity contribution < 1.29 is 19.2 Å². The maximum Gasteiger partial charge on any atom is 0.206 e. The van der Waals surface area contributed by atoms with Gasteiger partial charge >= 0.3 is 0 Å². The molecule has 2 aromatic rings. The minimum absolute atomic E-state index is 0.0557. The lowest BCUT2D eigenvalue weighted by Crippen LogP contribution is -2.25. The van der Waals surface area contributed by atoms with E-state index in [1.54, 1.807) is 48.5 Å². The van der Waals surface area contributed by atoms with Gasteiger partial charge in [0.1, 0.15) is 0 Å². The van der Waals surface area contributed by atoms with Crippen LogP contribution in [0.1, 0.15) is 17.5 Å². The van der Waals surface area contributed by atoms with E-state index in [9.17, 15) is 19.2 Å². The maximum absolute atomic E-state index is 11.8. The summed E-state index contributed by atoms with van der Waals surface area (Å²) >= 11 is 0. The molecule has 0 aliphatic carbocycles. The third-order valence-electron chi connectivity index (χ3n) is 3.36. The fourth-order valence-corrected chi connectivity index (χ4v) is 2.10. The third kappa shape index (κ3) is 5.11. The molecule has 0 bridgehead atoms. The Morgan fingerprint density at radius 1 is 0.522 bits per heavy atom. The SMILES string of the molecule is O=C(CC(=O)C(=O)Cc1ccccc1)C(=O)Cc1ccccc1. The fourth-order valence-electron chi connectivity index (χ4n) is 2.10. The average molecular weight is 308 g/mol. The zero-order chi connectivity index (χ0) is 16.7. The van der Waals surface area contributed by atoms with Crippen molar-refractivity contribution in [3.8, 4) is 0 Å². The number of hydrogen-bond donors (Lipinski definition) is 0. The quantitative estimate of drug-likeness (QED) is 0.553. The molecule has 0 saturated carbocycles. The van der Waals surface area contributed by atoms with E-state index in [4.69, 9.17) is 0 Å². The van der Waals surface area contributed by atoms with E-state index in [0.29, 0.717) is 11.1 Å². The van der Waals surface area contributed by atoms with Gasteiger partial charge in [0.15, 0.2) is 0 Å². The highest BCUT2D eigenvalue weighted by molar-refractivity contribution is 6.49. The summed E-state index contributed by atoms with van der Waals surface area (Å²) in [5, 5.41) is 0. The summed E-state index contributed by atoms with van der Waals surface area (Å²) in [4.78, 5) is 47.2. The van der Waals surface area contributed by atoms with E-state index in [1.807, 2.05) is 12.1 Å². The molecule has 0 amide bonds. The summed E-state index contributed by atoms with van der Waals surface area (Å²) in [6, 6.07) is 17.6. The van der Waals surface area contributed by atoms with Crippen LogP contribution in [0.25, 0.3) is 0 Å². The van der Waals surface area contributed by atoms with Crippen molar-refractivity contribution in [2.24, 2.45) is 0 Å². The molecule has 0 spiro atoms. The first kappa shape index (κ1) is 16.5. The van der Waals surface area contributed by atoms with E-state index < -0.39 is 29.6 Å². The van der Waals surface area contributed by atoms with Gasteiger partial charge in [-0.3, -0.25) is 19.2 Å². The van der Waals surface area contributed by atoms with Crippen molar-refractivity contribution in [3.63, 3.8) is 0 Å². The fraction of sp³-hybridized carbons (Fsp3) is 0.158. The lowest BCUT2D eigenvalue weighted by Gasteiger charge is -2.02. The molecule has 0 heterocycles. The third-order valence-corrected chi connectivity index (χ3v) is 3.36. The second kappa shape index (κ2) is 7.94. The van der Waals surface area contributed by atoms with E-state index in [2.05, 4.69) is 0 Å². The molecule has 0 radical (unpaired) electrons. The molecule has 0 fully saturated rings. The zero-order valence-corrected chi connectivity index (χ0v) is 12.5. The highest BCUT2D eigenvalue weighted by atomic mass is 16.2. The van der Waals surface area contributed by atoms with Crippen molar-refractivity contribution in [2.75, 3.05) is 0 Å². The van der Waals surface area contributed by atoms with Crippen LogP contribution >= 0.6 is 0 Å². The van der Waals surface area contributed by atoms with Crippen molar-refractivity contribution in [1.29, 1.82) is 0 Å². The summed E-state index contributed by atoms with van der Waals surface area (Å²) in [5.74, 6) is -2.95. The molecule has 0 atom stereocenters. The topological polar surface area (TPSA) is 68.3 Å². The van der Waals surface area contributed by atoms with Crippen LogP contribution in [0.3, 0.4) is 0 Å². The molecule has 0 aromatic heterocycles. The molecule has 2 aromatic carbocycles. The molecule has 4 nitrogen and oxygen atoms in total. The number of benzene rings is 2. The van der Waals surface area contributed by atoms with Gasteiger partial charge in [-0.2, -0.15) is 0 Å². The number of Topliss-reactive ketones (excluding diaryl/α,β-unsaturated/α-hetero) is 4. The molecule has 0 saturated heterocycles. The molecule has 0 aliphatic heterocycles. The number of carbonyl (C=O) groups is 4. The predicted molar refractivity (Wildman–Crippen MR) is 84.9 cm³/mol. The van der Waals surface area contributed by atoms with Gasteiger partial charge in [-0.15, -0.1) is 0 Å². The molecule has 4 heteroatoms. The lowest BCUT2D eigenvalue weighted by atomic mass is 9.99. The first-order chi connectivity index (χ1) is 11.1. The Kier molecular flexibility index (Phi) is 5.69. The van der Waals surface area contributed by atoms with Gasteiger partial charge in [-0.25, -0.2) is 0 Å². The van der Waals surface area contributed by atoms with Crippen molar-refractivity contribution in [2.45, 2.75) is 19.3 Å². The molecule has 0 unspecified atom stereocenters. The minimum atomic E-state index is -0.819. The van der Waals surface area contributed by atoms with Crippen LogP contribution in [-0.4, -0.2) is 23.1 Å². The Bertz CT molecular complexity index is 654. The van der Waals surface area contributed by atoms with E-state index in [1.165, 1.54) is 0 Å². The molecule has 116 valence electrons. The first-order valence-electron chi connectivity index (χ1n) is 7.26. The Morgan fingerprint density at radius 2 is 0.870 bits per heavy atom. The Morgan fingerprint density at radius 3 is 1.22 bits per heavy atom. The Balaban J connectivity index is 1.87. The van der Waals surface area contributed by atoms with Crippen LogP contribution < -0.4 is 0 Å². The van der Waals surface area contributed by atoms with Gasteiger partial charge in [0.05, 0.1) is 6.42 Å². The number of hydrogen-bond acceptors (Lipinski definition) is 4. The van der Waals surface area contributed by atoms with Crippen LogP contribution in [0.5, 0.6) is 0 Å². The van der Waals surface area contributed by atoms with Gasteiger partial charge < -0.3 is 0 Å². The van der Waals surface area contributed by atoms with E-state index >= 15 is 0 Å². The highest BCUT2D eigenvalue weighted by Crippen LogP contribution is 2.04. The molecule has 2 rings (SSSR count). The van der Waals surface area contributed by atoms with Gasteiger partial charge in [0.2, 0.25) is 23.1 Å². The second-order valence-corrected chi connectivity index (χ2v) is 5.19. The standard InChI is InChI=1S/C19H16O4/c20-16(11-14-7-3-1-4-8-14)18(22)13-19(23)17(21)12-15-9-5-2-6-10-15/h1-10H,11-13H2. The largest absolute Gasteiger partial charge is 0.291 e. The van der Waals surface area contributed by atoms with E-state index in [-0.39, 0.29) is 12.8 Å². The second-order valence-electron chi connectivity index (χ2n) is 5.19. The Labute approximate surface area is 134 Å². The number of carbonyl (C=O) groups excluding carboxylic acids is 4. The minimum Gasteiger partial charge on any atom is -0.291 e. The molecule has 0 aliphatic rings. The van der Waals surface area contributed by atoms with Gasteiger partial charge in [-0.05, 0) is 11.1 Å². The normalized spacial score (nSPS) is 10.1. The lowest BCUT2D eigenvalue weighted by molar-refractivity contribution is -0.142.